The summed E-state index contributed by atoms with van der Waals surface area (Å²) in [6.07, 6.45) is 4.33. The first-order valence-electron chi connectivity index (χ1n) is 4.94. The van der Waals surface area contributed by atoms with Gasteiger partial charge in [0.15, 0.2) is 12.8 Å². The number of carbonyl (C=O) groups is 1. The fraction of sp³-hybridized carbons (Fsp3) is 0.600. The van der Waals surface area contributed by atoms with Crippen molar-refractivity contribution in [2.45, 2.75) is 39.7 Å². The number of aryl methyl sites for hydroxylation is 1. The van der Waals surface area contributed by atoms with E-state index in [1.165, 1.54) is 6.26 Å². The SMILES string of the molecule is CCCC[n+]1c(CC)coc1C(=O)O. The van der Waals surface area contributed by atoms with Gasteiger partial charge in [-0.05, 0) is 0 Å². The van der Waals surface area contributed by atoms with E-state index in [2.05, 4.69) is 6.92 Å². The van der Waals surface area contributed by atoms with Crippen molar-refractivity contribution in [2.75, 3.05) is 0 Å². The van der Waals surface area contributed by atoms with Crippen LogP contribution in [0.3, 0.4) is 0 Å². The average Bonchev–Trinajstić information content (AvgIpc) is 2.57. The largest absolute Gasteiger partial charge is 0.471 e. The minimum atomic E-state index is -0.999. The number of carboxylic acids is 1. The smallest absolute Gasteiger partial charge is 0.461 e. The molecule has 4 nitrogen and oxygen atoms in total. The summed E-state index contributed by atoms with van der Waals surface area (Å²) in [6.45, 7) is 4.78. The molecule has 0 saturated carbocycles. The van der Waals surface area contributed by atoms with Gasteiger partial charge in [0.1, 0.15) is 0 Å². The summed E-state index contributed by atoms with van der Waals surface area (Å²) in [5, 5.41) is 8.86. The Morgan fingerprint density at radius 2 is 2.29 bits per heavy atom. The summed E-state index contributed by atoms with van der Waals surface area (Å²) in [5.74, 6) is -0.962. The minimum absolute atomic E-state index is 0.0373. The van der Waals surface area contributed by atoms with Crippen molar-refractivity contribution in [1.82, 2.24) is 0 Å². The zero-order valence-corrected chi connectivity index (χ0v) is 8.62. The average molecular weight is 198 g/mol. The number of nitrogens with zero attached hydrogens (tertiary/aromatic N) is 1. The van der Waals surface area contributed by atoms with Gasteiger partial charge in [0, 0.05) is 12.8 Å². The standard InChI is InChI=1S/C10H15NO3/c1-3-5-6-11-8(4-2)7-14-9(11)10(12)13/h7H,3-6H2,1-2H3/p+1. The van der Waals surface area contributed by atoms with Gasteiger partial charge in [-0.2, -0.15) is 4.57 Å². The first-order chi connectivity index (χ1) is 6.70. The van der Waals surface area contributed by atoms with Crippen LogP contribution >= 0.6 is 0 Å². The van der Waals surface area contributed by atoms with Gasteiger partial charge in [-0.25, -0.2) is 4.79 Å². The van der Waals surface area contributed by atoms with E-state index in [4.69, 9.17) is 9.52 Å². The molecule has 0 aliphatic rings. The quantitative estimate of drug-likeness (QED) is 0.731. The summed E-state index contributed by atoms with van der Waals surface area (Å²) in [4.78, 5) is 10.8. The summed E-state index contributed by atoms with van der Waals surface area (Å²) in [6, 6.07) is 0. The van der Waals surface area contributed by atoms with Gasteiger partial charge in [-0.1, -0.05) is 20.3 Å². The number of aromatic carboxylic acids is 1. The van der Waals surface area contributed by atoms with E-state index < -0.39 is 5.97 Å². The Kier molecular flexibility index (Phi) is 3.68. The lowest BCUT2D eigenvalue weighted by Gasteiger charge is -1.94. The molecule has 0 atom stereocenters. The third-order valence-electron chi connectivity index (χ3n) is 2.18. The third kappa shape index (κ3) is 2.13. The normalized spacial score (nSPS) is 10.4. The molecule has 1 rings (SSSR count). The maximum absolute atomic E-state index is 10.8. The summed E-state index contributed by atoms with van der Waals surface area (Å²) in [5.41, 5.74) is 0.941. The third-order valence-corrected chi connectivity index (χ3v) is 2.18. The van der Waals surface area contributed by atoms with E-state index in [9.17, 15) is 4.79 Å². The van der Waals surface area contributed by atoms with Crippen molar-refractivity contribution >= 4 is 5.97 Å². The topological polar surface area (TPSA) is 54.3 Å². The van der Waals surface area contributed by atoms with Crippen molar-refractivity contribution in [2.24, 2.45) is 0 Å². The highest BCUT2D eigenvalue weighted by Crippen LogP contribution is 2.02. The Morgan fingerprint density at radius 3 is 2.79 bits per heavy atom. The molecule has 1 N–H and O–H groups in total. The molecule has 0 fully saturated rings. The molecule has 1 heterocycles. The molecule has 0 aliphatic carbocycles. The second-order valence-corrected chi connectivity index (χ2v) is 3.20. The van der Waals surface area contributed by atoms with Crippen LogP contribution in [0.25, 0.3) is 0 Å². The number of carboxylic acid groups (broad SMARTS) is 1. The number of oxazole rings is 1. The van der Waals surface area contributed by atoms with Gasteiger partial charge in [0.05, 0.1) is 0 Å². The van der Waals surface area contributed by atoms with Crippen LogP contribution in [0.2, 0.25) is 0 Å². The van der Waals surface area contributed by atoms with Crippen LogP contribution in [0, 0.1) is 0 Å². The van der Waals surface area contributed by atoms with Crippen molar-refractivity contribution < 1.29 is 18.9 Å². The highest BCUT2D eigenvalue weighted by molar-refractivity contribution is 5.80. The zero-order valence-electron chi connectivity index (χ0n) is 8.62. The zero-order chi connectivity index (χ0) is 10.6. The maximum Gasteiger partial charge on any atom is 0.461 e. The molecule has 0 aliphatic heterocycles. The van der Waals surface area contributed by atoms with E-state index in [-0.39, 0.29) is 5.89 Å². The molecule has 78 valence electrons. The molecule has 0 saturated heterocycles. The van der Waals surface area contributed by atoms with Crippen LogP contribution in [0.5, 0.6) is 0 Å². The van der Waals surface area contributed by atoms with E-state index >= 15 is 0 Å². The summed E-state index contributed by atoms with van der Waals surface area (Å²) in [7, 11) is 0. The van der Waals surface area contributed by atoms with Crippen LogP contribution in [0.4, 0.5) is 0 Å². The van der Waals surface area contributed by atoms with E-state index in [0.717, 1.165) is 31.5 Å². The van der Waals surface area contributed by atoms with Crippen LogP contribution in [0.1, 0.15) is 43.1 Å². The van der Waals surface area contributed by atoms with Gasteiger partial charge in [0.2, 0.25) is 5.69 Å². The van der Waals surface area contributed by atoms with Gasteiger partial charge in [0.25, 0.3) is 0 Å². The molecule has 4 heteroatoms. The molecule has 0 radical (unpaired) electrons. The molecule has 0 amide bonds. The fourth-order valence-electron chi connectivity index (χ4n) is 1.38. The Bertz CT molecular complexity index is 317. The van der Waals surface area contributed by atoms with Crippen LogP contribution < -0.4 is 4.57 Å². The van der Waals surface area contributed by atoms with Crippen LogP contribution in [-0.4, -0.2) is 11.1 Å². The van der Waals surface area contributed by atoms with E-state index in [0.29, 0.717) is 0 Å². The highest BCUT2D eigenvalue weighted by atomic mass is 16.4. The molecule has 1 aromatic rings. The first-order valence-corrected chi connectivity index (χ1v) is 4.94. The number of hydrogen-bond acceptors (Lipinski definition) is 2. The first kappa shape index (κ1) is 10.8. The molecule has 0 spiro atoms. The lowest BCUT2D eigenvalue weighted by atomic mass is 10.3. The highest BCUT2D eigenvalue weighted by Gasteiger charge is 2.26. The van der Waals surface area contributed by atoms with Crippen LogP contribution in [0.15, 0.2) is 10.7 Å². The van der Waals surface area contributed by atoms with Crippen molar-refractivity contribution in [3.8, 4) is 0 Å². The number of unbranched alkanes of at least 4 members (excludes halogenated alkanes) is 1. The fourth-order valence-corrected chi connectivity index (χ4v) is 1.38. The minimum Gasteiger partial charge on any atom is -0.471 e. The van der Waals surface area contributed by atoms with Crippen molar-refractivity contribution in [3.05, 3.63) is 17.8 Å². The second kappa shape index (κ2) is 4.79. The Hall–Kier alpha value is -1.32. The van der Waals surface area contributed by atoms with E-state index in [1.54, 1.807) is 4.57 Å². The summed E-state index contributed by atoms with van der Waals surface area (Å²) < 4.78 is 6.75. The lowest BCUT2D eigenvalue weighted by molar-refractivity contribution is -0.709. The number of hydrogen-bond donors (Lipinski definition) is 1. The van der Waals surface area contributed by atoms with Gasteiger partial charge in [-0.15, -0.1) is 0 Å². The van der Waals surface area contributed by atoms with Gasteiger partial charge < -0.3 is 9.52 Å². The predicted octanol–water partition coefficient (Wildman–Crippen LogP) is 1.63. The molecule has 0 aromatic carbocycles. The molecule has 0 unspecified atom stereocenters. The number of rotatable bonds is 5. The molecular formula is C10H16NO3+. The monoisotopic (exact) mass is 198 g/mol. The van der Waals surface area contributed by atoms with Gasteiger partial charge >= 0.3 is 11.9 Å². The molecular weight excluding hydrogens is 182 g/mol. The second-order valence-electron chi connectivity index (χ2n) is 3.20. The van der Waals surface area contributed by atoms with Crippen LogP contribution in [-0.2, 0) is 13.0 Å². The lowest BCUT2D eigenvalue weighted by Crippen LogP contribution is -2.41. The molecule has 1 aromatic heterocycles. The van der Waals surface area contributed by atoms with E-state index in [1.807, 2.05) is 6.92 Å². The Morgan fingerprint density at radius 1 is 1.57 bits per heavy atom. The molecule has 0 bridgehead atoms. The predicted molar refractivity (Wildman–Crippen MR) is 50.1 cm³/mol. The Balaban J connectivity index is 2.93. The van der Waals surface area contributed by atoms with Crippen molar-refractivity contribution in [3.63, 3.8) is 0 Å². The molecule has 14 heavy (non-hydrogen) atoms. The Labute approximate surface area is 83.2 Å². The van der Waals surface area contributed by atoms with Gasteiger partial charge in [-0.3, -0.25) is 0 Å². The maximum atomic E-state index is 10.8. The summed E-state index contributed by atoms with van der Waals surface area (Å²) >= 11 is 0. The van der Waals surface area contributed by atoms with Crippen molar-refractivity contribution in [1.29, 1.82) is 0 Å². The number of aromatic nitrogens is 1.